The number of ether oxygens (including phenoxy) is 1. The maximum Gasteiger partial charge on any atom is 0.347 e. The Balaban J connectivity index is 1.87. The highest BCUT2D eigenvalue weighted by Gasteiger charge is 2.33. The van der Waals surface area contributed by atoms with Crippen molar-refractivity contribution >= 4 is 39.8 Å². The molecule has 0 aliphatic carbocycles. The van der Waals surface area contributed by atoms with Gasteiger partial charge in [-0.1, -0.05) is 24.6 Å². The molecule has 0 spiro atoms. The average molecular weight is 403 g/mol. The SMILES string of the molecule is CCC(C)(Oc1ccc(N(C)c2cc3ccc(Cl)cc3c(F)n2)cc1)C(=O)O. The Morgan fingerprint density at radius 2 is 1.93 bits per heavy atom. The van der Waals surface area contributed by atoms with E-state index in [1.165, 1.54) is 6.92 Å². The molecule has 1 N–H and O–H groups in total. The molecule has 0 saturated heterocycles. The maximum atomic E-state index is 14.4. The number of anilines is 2. The van der Waals surface area contributed by atoms with Crippen LogP contribution in [0, 0.1) is 5.95 Å². The van der Waals surface area contributed by atoms with Crippen molar-refractivity contribution in [3.05, 3.63) is 59.5 Å². The molecular formula is C21H20ClFN2O3. The van der Waals surface area contributed by atoms with Gasteiger partial charge in [0.15, 0.2) is 0 Å². The van der Waals surface area contributed by atoms with Crippen LogP contribution in [0.1, 0.15) is 20.3 Å². The van der Waals surface area contributed by atoms with Gasteiger partial charge in [0.2, 0.25) is 11.5 Å². The van der Waals surface area contributed by atoms with Crippen LogP contribution in [0.25, 0.3) is 10.8 Å². The minimum Gasteiger partial charge on any atom is -0.478 e. The number of hydrogen-bond donors (Lipinski definition) is 1. The van der Waals surface area contributed by atoms with Crippen LogP contribution in [-0.2, 0) is 4.79 Å². The number of nitrogens with zero attached hydrogens (tertiary/aromatic N) is 2. The first-order valence-electron chi connectivity index (χ1n) is 8.75. The lowest BCUT2D eigenvalue weighted by Crippen LogP contribution is -2.40. The molecule has 146 valence electrons. The third-order valence-corrected chi connectivity index (χ3v) is 5.01. The molecular weight excluding hydrogens is 383 g/mol. The van der Waals surface area contributed by atoms with Gasteiger partial charge in [-0.2, -0.15) is 4.39 Å². The van der Waals surface area contributed by atoms with Crippen LogP contribution in [0.5, 0.6) is 5.75 Å². The van der Waals surface area contributed by atoms with Crippen LogP contribution >= 0.6 is 11.6 Å². The summed E-state index contributed by atoms with van der Waals surface area (Å²) in [5.41, 5.74) is -0.543. The van der Waals surface area contributed by atoms with E-state index in [1.54, 1.807) is 67.4 Å². The van der Waals surface area contributed by atoms with Crippen molar-refractivity contribution in [2.45, 2.75) is 25.9 Å². The summed E-state index contributed by atoms with van der Waals surface area (Å²) in [6, 6.07) is 13.7. The van der Waals surface area contributed by atoms with Crippen molar-refractivity contribution < 1.29 is 19.0 Å². The fraction of sp³-hybridized carbons (Fsp3) is 0.238. The number of carboxylic acids is 1. The molecule has 0 aliphatic rings. The van der Waals surface area contributed by atoms with Gasteiger partial charge in [-0.15, -0.1) is 0 Å². The smallest absolute Gasteiger partial charge is 0.347 e. The Morgan fingerprint density at radius 3 is 2.54 bits per heavy atom. The number of aromatic nitrogens is 1. The molecule has 0 fully saturated rings. The summed E-state index contributed by atoms with van der Waals surface area (Å²) in [7, 11) is 1.77. The second-order valence-electron chi connectivity index (χ2n) is 6.68. The maximum absolute atomic E-state index is 14.4. The molecule has 1 aromatic heterocycles. The van der Waals surface area contributed by atoms with Gasteiger partial charge in [-0.05, 0) is 61.2 Å². The van der Waals surface area contributed by atoms with E-state index in [-0.39, 0.29) is 0 Å². The molecule has 0 radical (unpaired) electrons. The minimum absolute atomic E-state index is 0.328. The number of halogens is 2. The number of benzene rings is 2. The normalized spacial score (nSPS) is 13.2. The van der Waals surface area contributed by atoms with Gasteiger partial charge in [0.25, 0.3) is 0 Å². The molecule has 0 saturated carbocycles. The third-order valence-electron chi connectivity index (χ3n) is 4.77. The number of aliphatic carboxylic acids is 1. The molecule has 3 aromatic rings. The van der Waals surface area contributed by atoms with Gasteiger partial charge in [0.05, 0.1) is 0 Å². The van der Waals surface area contributed by atoms with Crippen LogP contribution in [0.2, 0.25) is 5.02 Å². The molecule has 7 heteroatoms. The van der Waals surface area contributed by atoms with Crippen molar-refractivity contribution in [1.82, 2.24) is 4.98 Å². The van der Waals surface area contributed by atoms with Crippen LogP contribution in [0.3, 0.4) is 0 Å². The molecule has 28 heavy (non-hydrogen) atoms. The zero-order valence-electron chi connectivity index (χ0n) is 15.7. The van der Waals surface area contributed by atoms with Gasteiger partial charge in [-0.3, -0.25) is 0 Å². The van der Waals surface area contributed by atoms with E-state index in [9.17, 15) is 14.3 Å². The molecule has 2 aromatic carbocycles. The lowest BCUT2D eigenvalue weighted by atomic mass is 10.0. The molecule has 0 amide bonds. The molecule has 0 bridgehead atoms. The molecule has 0 aliphatic heterocycles. The van der Waals surface area contributed by atoms with Crippen molar-refractivity contribution in [2.24, 2.45) is 0 Å². The summed E-state index contributed by atoms with van der Waals surface area (Å²) >= 11 is 5.93. The summed E-state index contributed by atoms with van der Waals surface area (Å²) in [6.07, 6.45) is 0.328. The number of carbonyl (C=O) groups is 1. The minimum atomic E-state index is -1.29. The summed E-state index contributed by atoms with van der Waals surface area (Å²) in [5, 5.41) is 10.8. The van der Waals surface area contributed by atoms with Gasteiger partial charge in [-0.25, -0.2) is 9.78 Å². The van der Waals surface area contributed by atoms with Crippen molar-refractivity contribution in [3.8, 4) is 5.75 Å². The molecule has 1 atom stereocenters. The zero-order valence-corrected chi connectivity index (χ0v) is 16.5. The second kappa shape index (κ2) is 7.64. The van der Waals surface area contributed by atoms with E-state index >= 15 is 0 Å². The zero-order chi connectivity index (χ0) is 20.5. The first-order chi connectivity index (χ1) is 13.2. The Kier molecular flexibility index (Phi) is 5.42. The number of carboxylic acid groups (broad SMARTS) is 1. The largest absolute Gasteiger partial charge is 0.478 e. The first-order valence-corrected chi connectivity index (χ1v) is 9.13. The highest BCUT2D eigenvalue weighted by molar-refractivity contribution is 6.31. The van der Waals surface area contributed by atoms with Gasteiger partial charge in [0, 0.05) is 23.1 Å². The quantitative estimate of drug-likeness (QED) is 0.557. The molecule has 5 nitrogen and oxygen atoms in total. The topological polar surface area (TPSA) is 62.7 Å². The van der Waals surface area contributed by atoms with Gasteiger partial charge >= 0.3 is 5.97 Å². The molecule has 1 unspecified atom stereocenters. The predicted octanol–water partition coefficient (Wildman–Crippen LogP) is 5.43. The van der Waals surface area contributed by atoms with Crippen molar-refractivity contribution in [3.63, 3.8) is 0 Å². The first kappa shape index (κ1) is 19.9. The van der Waals surface area contributed by atoms with Crippen LogP contribution < -0.4 is 9.64 Å². The fourth-order valence-corrected chi connectivity index (χ4v) is 2.91. The highest BCUT2D eigenvalue weighted by Crippen LogP contribution is 2.30. The van der Waals surface area contributed by atoms with Crippen LogP contribution in [-0.4, -0.2) is 28.7 Å². The summed E-state index contributed by atoms with van der Waals surface area (Å²) in [4.78, 5) is 17.2. The van der Waals surface area contributed by atoms with Gasteiger partial charge in [0.1, 0.15) is 11.6 Å². The summed E-state index contributed by atoms with van der Waals surface area (Å²) in [6.45, 7) is 3.28. The number of rotatable bonds is 6. The van der Waals surface area contributed by atoms with Crippen LogP contribution in [0.4, 0.5) is 15.9 Å². The fourth-order valence-electron chi connectivity index (χ4n) is 2.73. The van der Waals surface area contributed by atoms with E-state index in [1.807, 2.05) is 0 Å². The van der Waals surface area contributed by atoms with E-state index in [2.05, 4.69) is 4.98 Å². The number of pyridine rings is 1. The van der Waals surface area contributed by atoms with Crippen molar-refractivity contribution in [2.75, 3.05) is 11.9 Å². The Bertz CT molecular complexity index is 1030. The van der Waals surface area contributed by atoms with Crippen molar-refractivity contribution in [1.29, 1.82) is 0 Å². The Hall–Kier alpha value is -2.86. The predicted molar refractivity (Wildman–Crippen MR) is 108 cm³/mol. The molecule has 1 heterocycles. The number of hydrogen-bond acceptors (Lipinski definition) is 4. The Morgan fingerprint density at radius 1 is 1.25 bits per heavy atom. The van der Waals surface area contributed by atoms with E-state index in [4.69, 9.17) is 16.3 Å². The lowest BCUT2D eigenvalue weighted by molar-refractivity contribution is -0.154. The second-order valence-corrected chi connectivity index (χ2v) is 7.12. The average Bonchev–Trinajstić information content (AvgIpc) is 2.68. The summed E-state index contributed by atoms with van der Waals surface area (Å²) < 4.78 is 20.0. The monoisotopic (exact) mass is 402 g/mol. The molecule has 3 rings (SSSR count). The summed E-state index contributed by atoms with van der Waals surface area (Å²) in [5.74, 6) is -0.741. The van der Waals surface area contributed by atoms with E-state index in [0.29, 0.717) is 33.8 Å². The highest BCUT2D eigenvalue weighted by atomic mass is 35.5. The van der Waals surface area contributed by atoms with E-state index in [0.717, 1.165) is 5.69 Å². The van der Waals surface area contributed by atoms with E-state index < -0.39 is 17.5 Å². The number of fused-ring (bicyclic) bond motifs is 1. The standard InChI is InChI=1S/C21H20ClFN2O3/c1-4-21(2,20(26)27)28-16-9-7-15(8-10-16)25(3)18-11-13-5-6-14(22)12-17(13)19(23)24-18/h5-12H,4H2,1-3H3,(H,26,27). The third kappa shape index (κ3) is 3.87. The van der Waals surface area contributed by atoms with Crippen LogP contribution in [0.15, 0.2) is 48.5 Å². The Labute approximate surface area is 167 Å². The lowest BCUT2D eigenvalue weighted by Gasteiger charge is -2.25. The van der Waals surface area contributed by atoms with Gasteiger partial charge < -0.3 is 14.7 Å².